The van der Waals surface area contributed by atoms with E-state index < -0.39 is 5.82 Å². The third-order valence-electron chi connectivity index (χ3n) is 3.06. The quantitative estimate of drug-likeness (QED) is 0.694. The number of thiazole rings is 1. The van der Waals surface area contributed by atoms with Crippen LogP contribution in [0.2, 0.25) is 0 Å². The molecule has 102 valence electrons. The summed E-state index contributed by atoms with van der Waals surface area (Å²) in [6.07, 6.45) is 2.97. The average Bonchev–Trinajstić information content (AvgIpc) is 3.02. The Balaban J connectivity index is 2.20. The SMILES string of the molecule is COc1cc(-c2nc3sccn3c2CC=O)ccc1F. The number of carbonyl (C=O) groups excluding carboxylic acids is 1. The maximum absolute atomic E-state index is 13.5. The van der Waals surface area contributed by atoms with Gasteiger partial charge >= 0.3 is 0 Å². The molecule has 3 aromatic rings. The summed E-state index contributed by atoms with van der Waals surface area (Å²) in [5.41, 5.74) is 2.21. The van der Waals surface area contributed by atoms with Gasteiger partial charge in [0, 0.05) is 23.6 Å². The first kappa shape index (κ1) is 12.8. The van der Waals surface area contributed by atoms with Crippen LogP contribution >= 0.6 is 11.3 Å². The lowest BCUT2D eigenvalue weighted by Gasteiger charge is -2.05. The Morgan fingerprint density at radius 2 is 2.35 bits per heavy atom. The topological polar surface area (TPSA) is 43.6 Å². The summed E-state index contributed by atoms with van der Waals surface area (Å²) in [4.78, 5) is 16.2. The molecule has 0 atom stereocenters. The van der Waals surface area contributed by atoms with Gasteiger partial charge in [-0.15, -0.1) is 11.3 Å². The van der Waals surface area contributed by atoms with Gasteiger partial charge in [-0.25, -0.2) is 9.37 Å². The first-order valence-electron chi connectivity index (χ1n) is 5.96. The third-order valence-corrected chi connectivity index (χ3v) is 3.82. The van der Waals surface area contributed by atoms with Gasteiger partial charge in [-0.3, -0.25) is 4.40 Å². The second kappa shape index (κ2) is 5.05. The minimum absolute atomic E-state index is 0.163. The summed E-state index contributed by atoms with van der Waals surface area (Å²) in [6, 6.07) is 4.57. The summed E-state index contributed by atoms with van der Waals surface area (Å²) in [7, 11) is 1.42. The van der Waals surface area contributed by atoms with E-state index in [4.69, 9.17) is 4.74 Å². The van der Waals surface area contributed by atoms with Crippen molar-refractivity contribution < 1.29 is 13.9 Å². The van der Waals surface area contributed by atoms with Crippen LogP contribution in [0.25, 0.3) is 16.2 Å². The van der Waals surface area contributed by atoms with Crippen LogP contribution in [0.1, 0.15) is 5.69 Å². The summed E-state index contributed by atoms with van der Waals surface area (Å²) in [5.74, 6) is -0.259. The number of imidazole rings is 1. The van der Waals surface area contributed by atoms with Crippen LogP contribution in [-0.2, 0) is 11.2 Å². The molecule has 20 heavy (non-hydrogen) atoms. The lowest BCUT2D eigenvalue weighted by Crippen LogP contribution is -1.95. The molecule has 0 bridgehead atoms. The van der Waals surface area contributed by atoms with E-state index in [1.54, 1.807) is 12.1 Å². The summed E-state index contributed by atoms with van der Waals surface area (Å²) in [5, 5.41) is 1.91. The Morgan fingerprint density at radius 1 is 1.50 bits per heavy atom. The number of nitrogens with zero attached hydrogens (tertiary/aromatic N) is 2. The molecule has 4 nitrogen and oxygen atoms in total. The number of fused-ring (bicyclic) bond motifs is 1. The Labute approximate surface area is 118 Å². The normalized spacial score (nSPS) is 10.9. The Bertz CT molecular complexity index is 779. The Hall–Kier alpha value is -2.21. The van der Waals surface area contributed by atoms with Gasteiger partial charge in [-0.05, 0) is 18.2 Å². The first-order valence-corrected chi connectivity index (χ1v) is 6.84. The minimum Gasteiger partial charge on any atom is -0.494 e. The van der Waals surface area contributed by atoms with Gasteiger partial charge < -0.3 is 9.53 Å². The van der Waals surface area contributed by atoms with E-state index in [9.17, 15) is 9.18 Å². The summed E-state index contributed by atoms with van der Waals surface area (Å²) < 4.78 is 20.3. The van der Waals surface area contributed by atoms with Gasteiger partial charge in [0.25, 0.3) is 0 Å². The second-order valence-corrected chi connectivity index (χ2v) is 5.06. The first-order chi connectivity index (χ1) is 9.74. The van der Waals surface area contributed by atoms with Crippen LogP contribution in [0.5, 0.6) is 5.75 Å². The third kappa shape index (κ3) is 1.98. The molecule has 0 saturated heterocycles. The molecule has 0 aliphatic rings. The van der Waals surface area contributed by atoms with Crippen molar-refractivity contribution >= 4 is 22.6 Å². The molecule has 0 aliphatic carbocycles. The van der Waals surface area contributed by atoms with Crippen LogP contribution in [0.15, 0.2) is 29.8 Å². The van der Waals surface area contributed by atoms with Crippen LogP contribution in [0.4, 0.5) is 4.39 Å². The highest BCUT2D eigenvalue weighted by molar-refractivity contribution is 7.15. The number of carbonyl (C=O) groups is 1. The average molecular weight is 290 g/mol. The molecule has 3 rings (SSSR count). The standard InChI is InChI=1S/C14H11FN2O2S/c1-19-12-8-9(2-3-10(12)15)13-11(4-6-18)17-5-7-20-14(17)16-13/h2-3,5-8H,4H2,1H3. The maximum Gasteiger partial charge on any atom is 0.194 e. The van der Waals surface area contributed by atoms with Crippen LogP contribution in [0, 0.1) is 5.82 Å². The molecule has 0 N–H and O–H groups in total. The zero-order chi connectivity index (χ0) is 14.1. The molecule has 2 aromatic heterocycles. The molecule has 0 spiro atoms. The predicted molar refractivity (Wildman–Crippen MR) is 74.8 cm³/mol. The van der Waals surface area contributed by atoms with Gasteiger partial charge in [0.15, 0.2) is 16.5 Å². The van der Waals surface area contributed by atoms with E-state index >= 15 is 0 Å². The zero-order valence-corrected chi connectivity index (χ0v) is 11.5. The van der Waals surface area contributed by atoms with Gasteiger partial charge in [-0.1, -0.05) is 0 Å². The Morgan fingerprint density at radius 3 is 3.10 bits per heavy atom. The van der Waals surface area contributed by atoms with Crippen molar-refractivity contribution in [2.45, 2.75) is 6.42 Å². The van der Waals surface area contributed by atoms with E-state index in [0.29, 0.717) is 5.69 Å². The fourth-order valence-corrected chi connectivity index (χ4v) is 2.88. The van der Waals surface area contributed by atoms with E-state index in [1.165, 1.54) is 24.5 Å². The molecule has 2 heterocycles. The van der Waals surface area contributed by atoms with Gasteiger partial charge in [0.1, 0.15) is 6.29 Å². The minimum atomic E-state index is -0.422. The predicted octanol–water partition coefficient (Wildman–Crippen LogP) is 2.95. The molecule has 0 fully saturated rings. The van der Waals surface area contributed by atoms with Crippen molar-refractivity contribution in [1.82, 2.24) is 9.38 Å². The highest BCUT2D eigenvalue weighted by Gasteiger charge is 2.16. The molecule has 0 radical (unpaired) electrons. The fraction of sp³-hybridized carbons (Fsp3) is 0.143. The number of aromatic nitrogens is 2. The smallest absolute Gasteiger partial charge is 0.194 e. The van der Waals surface area contributed by atoms with Crippen molar-refractivity contribution in [3.63, 3.8) is 0 Å². The molecule has 0 saturated carbocycles. The molecule has 0 amide bonds. The molecular weight excluding hydrogens is 279 g/mol. The molecule has 6 heteroatoms. The lowest BCUT2D eigenvalue weighted by molar-refractivity contribution is -0.107. The van der Waals surface area contributed by atoms with Crippen LogP contribution in [0.3, 0.4) is 0 Å². The van der Waals surface area contributed by atoms with Gasteiger partial charge in [0.05, 0.1) is 18.5 Å². The van der Waals surface area contributed by atoms with Crippen LogP contribution < -0.4 is 4.74 Å². The van der Waals surface area contributed by atoms with E-state index in [1.807, 2.05) is 16.0 Å². The summed E-state index contributed by atoms with van der Waals surface area (Å²) >= 11 is 1.49. The number of hydrogen-bond acceptors (Lipinski definition) is 4. The monoisotopic (exact) mass is 290 g/mol. The highest BCUT2D eigenvalue weighted by Crippen LogP contribution is 2.30. The maximum atomic E-state index is 13.5. The summed E-state index contributed by atoms with van der Waals surface area (Å²) in [6.45, 7) is 0. The van der Waals surface area contributed by atoms with E-state index in [2.05, 4.69) is 4.98 Å². The van der Waals surface area contributed by atoms with Crippen molar-refractivity contribution in [3.05, 3.63) is 41.3 Å². The fourth-order valence-electron chi connectivity index (χ4n) is 2.14. The van der Waals surface area contributed by atoms with E-state index in [0.717, 1.165) is 22.5 Å². The molecule has 0 aliphatic heterocycles. The number of halogens is 1. The highest BCUT2D eigenvalue weighted by atomic mass is 32.1. The number of benzene rings is 1. The van der Waals surface area contributed by atoms with Gasteiger partial charge in [-0.2, -0.15) is 0 Å². The van der Waals surface area contributed by atoms with Crippen molar-refractivity contribution in [3.8, 4) is 17.0 Å². The van der Waals surface area contributed by atoms with Crippen LogP contribution in [-0.4, -0.2) is 22.8 Å². The number of ether oxygens (including phenoxy) is 1. The number of aldehydes is 1. The largest absolute Gasteiger partial charge is 0.494 e. The number of rotatable bonds is 4. The zero-order valence-electron chi connectivity index (χ0n) is 10.7. The molecule has 0 unspecified atom stereocenters. The number of hydrogen-bond donors (Lipinski definition) is 0. The van der Waals surface area contributed by atoms with Crippen molar-refractivity contribution in [2.24, 2.45) is 0 Å². The van der Waals surface area contributed by atoms with E-state index in [-0.39, 0.29) is 12.2 Å². The van der Waals surface area contributed by atoms with Gasteiger partial charge in [0.2, 0.25) is 0 Å². The van der Waals surface area contributed by atoms with Crippen molar-refractivity contribution in [1.29, 1.82) is 0 Å². The second-order valence-electron chi connectivity index (χ2n) is 4.18. The Kier molecular flexibility index (Phi) is 3.23. The molecular formula is C14H11FN2O2S. The lowest BCUT2D eigenvalue weighted by atomic mass is 10.1. The molecule has 1 aromatic carbocycles. The number of methoxy groups -OCH3 is 1. The van der Waals surface area contributed by atoms with Crippen molar-refractivity contribution in [2.75, 3.05) is 7.11 Å².